The van der Waals surface area contributed by atoms with Gasteiger partial charge in [-0.1, -0.05) is 0 Å². The first-order chi connectivity index (χ1) is 9.49. The molecule has 2 aromatic heterocycles. The van der Waals surface area contributed by atoms with Crippen LogP contribution in [0.2, 0.25) is 0 Å². The number of carbonyl (C=O) groups is 1. The van der Waals surface area contributed by atoms with Gasteiger partial charge in [0.15, 0.2) is 0 Å². The van der Waals surface area contributed by atoms with Gasteiger partial charge in [0.25, 0.3) is 11.6 Å². The summed E-state index contributed by atoms with van der Waals surface area (Å²) in [4.78, 5) is 20.3. The van der Waals surface area contributed by atoms with E-state index in [4.69, 9.17) is 14.1 Å². The summed E-state index contributed by atoms with van der Waals surface area (Å²) in [5, 5.41) is 5.68. The minimum Gasteiger partial charge on any atom is -0.473 e. The summed E-state index contributed by atoms with van der Waals surface area (Å²) in [6, 6.07) is 3.57. The summed E-state index contributed by atoms with van der Waals surface area (Å²) in [5.74, 6) is 0.356. The van der Waals surface area contributed by atoms with Crippen molar-refractivity contribution in [2.24, 2.45) is 0 Å². The summed E-state index contributed by atoms with van der Waals surface area (Å²) in [7, 11) is 0. The van der Waals surface area contributed by atoms with Gasteiger partial charge in [0.05, 0.1) is 12.1 Å². The maximum absolute atomic E-state index is 10.9. The van der Waals surface area contributed by atoms with E-state index in [2.05, 4.69) is 10.1 Å². The zero-order chi connectivity index (χ0) is 14.6. The number of aromatic nitrogens is 2. The number of hydrogen-bond acceptors (Lipinski definition) is 6. The number of ether oxygens (including phenoxy) is 1. The van der Waals surface area contributed by atoms with Crippen molar-refractivity contribution in [2.75, 3.05) is 13.2 Å². The Labute approximate surface area is 116 Å². The summed E-state index contributed by atoms with van der Waals surface area (Å²) >= 11 is 0. The predicted octanol–water partition coefficient (Wildman–Crippen LogP) is 1.79. The van der Waals surface area contributed by atoms with E-state index in [9.17, 15) is 4.79 Å². The second-order valence-corrected chi connectivity index (χ2v) is 5.14. The van der Waals surface area contributed by atoms with Gasteiger partial charge in [0.2, 0.25) is 6.41 Å². The molecule has 2 aromatic rings. The van der Waals surface area contributed by atoms with Gasteiger partial charge < -0.3 is 9.26 Å². The van der Waals surface area contributed by atoms with Crippen LogP contribution in [0.1, 0.15) is 20.8 Å². The van der Waals surface area contributed by atoms with E-state index >= 15 is 0 Å². The lowest BCUT2D eigenvalue weighted by Crippen LogP contribution is -2.35. The Morgan fingerprint density at radius 1 is 1.45 bits per heavy atom. The SMILES string of the molecule is CC(C)(C)ON(C=O)CCOc1noc2ncccc12. The van der Waals surface area contributed by atoms with Crippen molar-refractivity contribution in [3.63, 3.8) is 0 Å². The number of carbonyl (C=O) groups excluding carboxylic acids is 1. The van der Waals surface area contributed by atoms with E-state index in [-0.39, 0.29) is 13.2 Å². The van der Waals surface area contributed by atoms with E-state index in [1.54, 1.807) is 18.3 Å². The molecule has 0 saturated heterocycles. The fraction of sp³-hybridized carbons (Fsp3) is 0.462. The largest absolute Gasteiger partial charge is 0.473 e. The van der Waals surface area contributed by atoms with Crippen molar-refractivity contribution in [1.82, 2.24) is 15.2 Å². The topological polar surface area (TPSA) is 77.7 Å². The van der Waals surface area contributed by atoms with Crippen LogP contribution in [0, 0.1) is 0 Å². The second-order valence-electron chi connectivity index (χ2n) is 5.14. The van der Waals surface area contributed by atoms with Crippen LogP contribution in [0.5, 0.6) is 5.88 Å². The normalized spacial score (nSPS) is 11.6. The van der Waals surface area contributed by atoms with E-state index in [0.717, 1.165) is 0 Å². The average Bonchev–Trinajstić information content (AvgIpc) is 2.80. The van der Waals surface area contributed by atoms with Crippen LogP contribution in [0.4, 0.5) is 0 Å². The Balaban J connectivity index is 1.90. The number of hydrogen-bond donors (Lipinski definition) is 0. The molecular weight excluding hydrogens is 262 g/mol. The molecule has 20 heavy (non-hydrogen) atoms. The first-order valence-corrected chi connectivity index (χ1v) is 6.24. The van der Waals surface area contributed by atoms with Crippen molar-refractivity contribution >= 4 is 17.5 Å². The van der Waals surface area contributed by atoms with Crippen LogP contribution in [0.15, 0.2) is 22.9 Å². The van der Waals surface area contributed by atoms with Crippen molar-refractivity contribution in [1.29, 1.82) is 0 Å². The summed E-state index contributed by atoms with van der Waals surface area (Å²) < 4.78 is 10.5. The van der Waals surface area contributed by atoms with Crippen molar-refractivity contribution in [3.05, 3.63) is 18.3 Å². The van der Waals surface area contributed by atoms with Crippen LogP contribution in [-0.2, 0) is 9.63 Å². The van der Waals surface area contributed by atoms with Gasteiger partial charge in [-0.2, -0.15) is 0 Å². The monoisotopic (exact) mass is 279 g/mol. The Hall–Kier alpha value is -2.15. The molecule has 0 aliphatic rings. The van der Waals surface area contributed by atoms with Crippen molar-refractivity contribution in [2.45, 2.75) is 26.4 Å². The van der Waals surface area contributed by atoms with Gasteiger partial charge in [0, 0.05) is 6.20 Å². The molecule has 2 heterocycles. The molecule has 7 heteroatoms. The number of pyridine rings is 1. The lowest BCUT2D eigenvalue weighted by Gasteiger charge is -2.26. The molecule has 0 fully saturated rings. The Morgan fingerprint density at radius 3 is 2.95 bits per heavy atom. The average molecular weight is 279 g/mol. The van der Waals surface area contributed by atoms with E-state index in [0.29, 0.717) is 23.4 Å². The van der Waals surface area contributed by atoms with E-state index in [1.165, 1.54) is 5.06 Å². The molecule has 2 rings (SSSR count). The maximum atomic E-state index is 10.9. The third kappa shape index (κ3) is 3.67. The molecule has 7 nitrogen and oxygen atoms in total. The third-order valence-electron chi connectivity index (χ3n) is 2.28. The highest BCUT2D eigenvalue weighted by Gasteiger charge is 2.16. The molecule has 0 saturated carbocycles. The Morgan fingerprint density at radius 2 is 2.25 bits per heavy atom. The Kier molecular flexibility index (Phi) is 4.19. The van der Waals surface area contributed by atoms with Gasteiger partial charge in [-0.3, -0.25) is 9.63 Å². The first kappa shape index (κ1) is 14.3. The quantitative estimate of drug-likeness (QED) is 0.592. The summed E-state index contributed by atoms with van der Waals surface area (Å²) in [6.07, 6.45) is 2.24. The molecule has 0 aliphatic carbocycles. The minimum atomic E-state index is -0.439. The van der Waals surface area contributed by atoms with Crippen LogP contribution < -0.4 is 4.74 Å². The van der Waals surface area contributed by atoms with Crippen LogP contribution in [-0.4, -0.2) is 40.4 Å². The van der Waals surface area contributed by atoms with Crippen molar-refractivity contribution < 1.29 is 18.9 Å². The van der Waals surface area contributed by atoms with Crippen LogP contribution in [0.3, 0.4) is 0 Å². The fourth-order valence-corrected chi connectivity index (χ4v) is 1.57. The molecule has 0 bridgehead atoms. The van der Waals surface area contributed by atoms with Crippen LogP contribution >= 0.6 is 0 Å². The summed E-state index contributed by atoms with van der Waals surface area (Å²) in [6.45, 7) is 6.12. The molecule has 108 valence electrons. The number of amides is 1. The molecule has 0 N–H and O–H groups in total. The van der Waals surface area contributed by atoms with Gasteiger partial charge in [-0.25, -0.2) is 10.0 Å². The van der Waals surface area contributed by atoms with E-state index in [1.807, 2.05) is 20.8 Å². The van der Waals surface area contributed by atoms with Gasteiger partial charge in [0.1, 0.15) is 12.0 Å². The molecular formula is C13H17N3O4. The molecule has 1 amide bonds. The highest BCUT2D eigenvalue weighted by Crippen LogP contribution is 2.22. The predicted molar refractivity (Wildman–Crippen MR) is 70.9 cm³/mol. The molecule has 0 aliphatic heterocycles. The van der Waals surface area contributed by atoms with Gasteiger partial charge >= 0.3 is 0 Å². The Bertz CT molecular complexity index is 576. The molecule has 0 aromatic carbocycles. The second kappa shape index (κ2) is 5.87. The van der Waals surface area contributed by atoms with Crippen molar-refractivity contribution in [3.8, 4) is 5.88 Å². The number of nitrogens with zero attached hydrogens (tertiary/aromatic N) is 3. The highest BCUT2D eigenvalue weighted by atomic mass is 16.7. The minimum absolute atomic E-state index is 0.241. The maximum Gasteiger partial charge on any atom is 0.263 e. The highest BCUT2D eigenvalue weighted by molar-refractivity contribution is 5.78. The number of hydroxylamine groups is 2. The van der Waals surface area contributed by atoms with Gasteiger partial charge in [-0.15, -0.1) is 0 Å². The van der Waals surface area contributed by atoms with Gasteiger partial charge in [-0.05, 0) is 38.1 Å². The fourth-order valence-electron chi connectivity index (χ4n) is 1.57. The first-order valence-electron chi connectivity index (χ1n) is 6.24. The van der Waals surface area contributed by atoms with Crippen LogP contribution in [0.25, 0.3) is 11.1 Å². The van der Waals surface area contributed by atoms with E-state index < -0.39 is 5.60 Å². The molecule has 0 radical (unpaired) electrons. The molecule has 0 unspecified atom stereocenters. The third-order valence-corrected chi connectivity index (χ3v) is 2.28. The smallest absolute Gasteiger partial charge is 0.263 e. The number of rotatable bonds is 6. The zero-order valence-corrected chi connectivity index (χ0v) is 11.7. The standard InChI is InChI=1S/C13H17N3O4/c1-13(2,3)20-16(9-17)7-8-18-12-10-5-4-6-14-11(10)19-15-12/h4-6,9H,7-8H2,1-3H3. The lowest BCUT2D eigenvalue weighted by atomic mass is 10.2. The molecule has 0 spiro atoms. The number of fused-ring (bicyclic) bond motifs is 1. The zero-order valence-electron chi connectivity index (χ0n) is 11.7. The molecule has 0 atom stereocenters. The lowest BCUT2D eigenvalue weighted by molar-refractivity contribution is -0.217. The summed E-state index contributed by atoms with van der Waals surface area (Å²) in [5.41, 5.74) is -0.0218.